The van der Waals surface area contributed by atoms with E-state index in [9.17, 15) is 0 Å². The minimum Gasteiger partial charge on any atom is -0.501 e. The first-order chi connectivity index (χ1) is 6.74. The number of nitrogens with two attached hydrogens (primary N) is 1. The second-order valence-corrected chi connectivity index (χ2v) is 4.07. The Morgan fingerprint density at radius 3 is 3.00 bits per heavy atom. The first-order valence-corrected chi connectivity index (χ1v) is 5.29. The second kappa shape index (κ2) is 6.04. The molecule has 0 aromatic rings. The molecule has 1 heterocycles. The van der Waals surface area contributed by atoms with Crippen LogP contribution in [0, 0.1) is 5.92 Å². The Morgan fingerprint density at radius 1 is 1.64 bits per heavy atom. The third kappa shape index (κ3) is 3.68. The van der Waals surface area contributed by atoms with Gasteiger partial charge in [-0.1, -0.05) is 6.92 Å². The topological polar surface area (TPSA) is 44.5 Å². The van der Waals surface area contributed by atoms with Gasteiger partial charge in [-0.05, 0) is 30.8 Å². The Hall–Kier alpha value is -0.540. The van der Waals surface area contributed by atoms with Gasteiger partial charge >= 0.3 is 0 Å². The van der Waals surface area contributed by atoms with Crippen molar-refractivity contribution in [3.63, 3.8) is 0 Å². The quantitative estimate of drug-likeness (QED) is 0.732. The molecule has 0 spiro atoms. The molecule has 2 unspecified atom stereocenters. The van der Waals surface area contributed by atoms with E-state index in [2.05, 4.69) is 6.92 Å². The molecule has 82 valence electrons. The van der Waals surface area contributed by atoms with E-state index < -0.39 is 0 Å². The summed E-state index contributed by atoms with van der Waals surface area (Å²) in [5.41, 5.74) is 7.33. The van der Waals surface area contributed by atoms with Crippen LogP contribution in [0.15, 0.2) is 11.8 Å². The van der Waals surface area contributed by atoms with Gasteiger partial charge in [-0.15, -0.1) is 0 Å². The molecule has 0 amide bonds. The van der Waals surface area contributed by atoms with Crippen molar-refractivity contribution in [2.45, 2.75) is 32.2 Å². The van der Waals surface area contributed by atoms with Gasteiger partial charge < -0.3 is 15.2 Å². The van der Waals surface area contributed by atoms with E-state index >= 15 is 0 Å². The summed E-state index contributed by atoms with van der Waals surface area (Å²) in [5.74, 6) is 0.512. The van der Waals surface area contributed by atoms with Gasteiger partial charge in [0.2, 0.25) is 0 Å². The van der Waals surface area contributed by atoms with Gasteiger partial charge in [0, 0.05) is 19.8 Å². The van der Waals surface area contributed by atoms with Gasteiger partial charge in [-0.25, -0.2) is 0 Å². The Kier molecular flexibility index (Phi) is 4.98. The zero-order valence-corrected chi connectivity index (χ0v) is 9.16. The minimum absolute atomic E-state index is 0.139. The molecule has 2 N–H and O–H groups in total. The predicted molar refractivity (Wildman–Crippen MR) is 56.9 cm³/mol. The molecular weight excluding hydrogens is 178 g/mol. The smallest absolute Gasteiger partial charge is 0.0876 e. The van der Waals surface area contributed by atoms with Crippen LogP contribution in [0.1, 0.15) is 26.2 Å². The number of hydrogen-bond acceptors (Lipinski definition) is 3. The van der Waals surface area contributed by atoms with E-state index in [0.29, 0.717) is 5.92 Å². The van der Waals surface area contributed by atoms with Crippen molar-refractivity contribution in [3.05, 3.63) is 11.8 Å². The van der Waals surface area contributed by atoms with Crippen molar-refractivity contribution in [3.8, 4) is 0 Å². The molecular formula is C11H21NO2. The maximum Gasteiger partial charge on any atom is 0.0876 e. The van der Waals surface area contributed by atoms with Gasteiger partial charge in [0.25, 0.3) is 0 Å². The van der Waals surface area contributed by atoms with E-state index in [1.54, 1.807) is 7.11 Å². The van der Waals surface area contributed by atoms with Gasteiger partial charge in [-0.2, -0.15) is 0 Å². The lowest BCUT2D eigenvalue weighted by atomic mass is 9.94. The normalized spacial score (nSPS) is 20.9. The number of ether oxygens (including phenoxy) is 2. The number of hydrogen-bond donors (Lipinski definition) is 1. The summed E-state index contributed by atoms with van der Waals surface area (Å²) in [7, 11) is 1.73. The molecule has 3 heteroatoms. The summed E-state index contributed by atoms with van der Waals surface area (Å²) < 4.78 is 10.4. The molecule has 0 radical (unpaired) electrons. The lowest BCUT2D eigenvalue weighted by Gasteiger charge is -2.22. The zero-order valence-electron chi connectivity index (χ0n) is 9.16. The highest BCUT2D eigenvalue weighted by Crippen LogP contribution is 2.19. The van der Waals surface area contributed by atoms with Crippen molar-refractivity contribution in [2.24, 2.45) is 11.7 Å². The summed E-state index contributed by atoms with van der Waals surface area (Å²) in [4.78, 5) is 0. The molecule has 0 aliphatic carbocycles. The van der Waals surface area contributed by atoms with Crippen LogP contribution in [0.25, 0.3) is 0 Å². The molecule has 0 aromatic heterocycles. The molecule has 1 aliphatic rings. The average molecular weight is 199 g/mol. The standard InChI is InChI=1S/C11H21NO2/c1-9(7-13-2)6-11(12)10-4-3-5-14-8-10/h8-9,11H,3-7,12H2,1-2H3. The molecule has 1 aliphatic heterocycles. The lowest BCUT2D eigenvalue weighted by molar-refractivity contribution is 0.152. The van der Waals surface area contributed by atoms with Gasteiger partial charge in [0.15, 0.2) is 0 Å². The summed E-state index contributed by atoms with van der Waals surface area (Å²) in [6.45, 7) is 3.78. The summed E-state index contributed by atoms with van der Waals surface area (Å²) >= 11 is 0. The monoisotopic (exact) mass is 199 g/mol. The molecule has 0 fully saturated rings. The van der Waals surface area contributed by atoms with Crippen LogP contribution < -0.4 is 5.73 Å². The molecule has 0 bridgehead atoms. The van der Waals surface area contributed by atoms with E-state index in [1.165, 1.54) is 5.57 Å². The Bertz CT molecular complexity index is 192. The predicted octanol–water partition coefficient (Wildman–Crippen LogP) is 1.68. The average Bonchev–Trinajstić information content (AvgIpc) is 2.19. The fraction of sp³-hybridized carbons (Fsp3) is 0.818. The van der Waals surface area contributed by atoms with Crippen LogP contribution in [-0.4, -0.2) is 26.4 Å². The first-order valence-electron chi connectivity index (χ1n) is 5.29. The third-order valence-corrected chi connectivity index (χ3v) is 2.55. The van der Waals surface area contributed by atoms with Gasteiger partial charge in [0.05, 0.1) is 12.9 Å². The third-order valence-electron chi connectivity index (χ3n) is 2.55. The van der Waals surface area contributed by atoms with Crippen LogP contribution >= 0.6 is 0 Å². The summed E-state index contributed by atoms with van der Waals surface area (Å²) in [5, 5.41) is 0. The lowest BCUT2D eigenvalue weighted by Crippen LogP contribution is -2.28. The highest BCUT2D eigenvalue weighted by molar-refractivity contribution is 5.08. The van der Waals surface area contributed by atoms with E-state index in [-0.39, 0.29) is 6.04 Å². The van der Waals surface area contributed by atoms with Crippen LogP contribution in [0.3, 0.4) is 0 Å². The fourth-order valence-electron chi connectivity index (χ4n) is 1.79. The fourth-order valence-corrected chi connectivity index (χ4v) is 1.79. The van der Waals surface area contributed by atoms with Crippen molar-refractivity contribution in [1.82, 2.24) is 0 Å². The Morgan fingerprint density at radius 2 is 2.43 bits per heavy atom. The van der Waals surface area contributed by atoms with Crippen LogP contribution in [0.2, 0.25) is 0 Å². The van der Waals surface area contributed by atoms with Crippen molar-refractivity contribution >= 4 is 0 Å². The maximum absolute atomic E-state index is 6.08. The van der Waals surface area contributed by atoms with Gasteiger partial charge in [0.1, 0.15) is 0 Å². The molecule has 0 saturated carbocycles. The van der Waals surface area contributed by atoms with E-state index in [1.807, 2.05) is 6.26 Å². The largest absolute Gasteiger partial charge is 0.501 e. The Labute approximate surface area is 86.3 Å². The summed E-state index contributed by atoms with van der Waals surface area (Å²) in [6, 6.07) is 0.139. The Balaban J connectivity index is 2.32. The van der Waals surface area contributed by atoms with Crippen molar-refractivity contribution in [1.29, 1.82) is 0 Å². The molecule has 14 heavy (non-hydrogen) atoms. The molecule has 0 aromatic carbocycles. The highest BCUT2D eigenvalue weighted by Gasteiger charge is 2.15. The molecule has 1 rings (SSSR count). The molecule has 2 atom stereocenters. The molecule has 0 saturated heterocycles. The maximum atomic E-state index is 6.08. The summed E-state index contributed by atoms with van der Waals surface area (Å²) in [6.07, 6.45) is 5.00. The molecule has 3 nitrogen and oxygen atoms in total. The van der Waals surface area contributed by atoms with Crippen LogP contribution in [0.5, 0.6) is 0 Å². The number of methoxy groups -OCH3 is 1. The van der Waals surface area contributed by atoms with E-state index in [0.717, 1.165) is 32.5 Å². The van der Waals surface area contributed by atoms with Crippen molar-refractivity contribution in [2.75, 3.05) is 20.3 Å². The SMILES string of the molecule is COCC(C)CC(N)C1=COCCC1. The van der Waals surface area contributed by atoms with Crippen molar-refractivity contribution < 1.29 is 9.47 Å². The van der Waals surface area contributed by atoms with Crippen LogP contribution in [0.4, 0.5) is 0 Å². The first kappa shape index (κ1) is 11.5. The number of rotatable bonds is 5. The minimum atomic E-state index is 0.139. The highest BCUT2D eigenvalue weighted by atomic mass is 16.5. The van der Waals surface area contributed by atoms with E-state index in [4.69, 9.17) is 15.2 Å². The van der Waals surface area contributed by atoms with Crippen LogP contribution in [-0.2, 0) is 9.47 Å². The second-order valence-electron chi connectivity index (χ2n) is 4.07. The van der Waals surface area contributed by atoms with Gasteiger partial charge in [-0.3, -0.25) is 0 Å². The zero-order chi connectivity index (χ0) is 10.4.